The molecule has 0 radical (unpaired) electrons. The van der Waals surface area contributed by atoms with Crippen LogP contribution in [0.3, 0.4) is 0 Å². The van der Waals surface area contributed by atoms with Gasteiger partial charge in [-0.3, -0.25) is 24.0 Å². The van der Waals surface area contributed by atoms with Crippen LogP contribution < -0.4 is 0 Å². The summed E-state index contributed by atoms with van der Waals surface area (Å²) in [6.07, 6.45) is -5.17. The molecule has 0 aromatic rings. The first-order chi connectivity index (χ1) is 21.4. The number of rotatable bonds is 7. The minimum absolute atomic E-state index is 0.0435. The first kappa shape index (κ1) is 37.1. The van der Waals surface area contributed by atoms with E-state index in [-0.39, 0.29) is 17.6 Å². The van der Waals surface area contributed by atoms with Crippen LogP contribution >= 0.6 is 11.6 Å². The highest BCUT2D eigenvalue weighted by atomic mass is 35.5. The van der Waals surface area contributed by atoms with E-state index < -0.39 is 101 Å². The van der Waals surface area contributed by atoms with Crippen LogP contribution in [-0.4, -0.2) is 77.8 Å². The van der Waals surface area contributed by atoms with Gasteiger partial charge >= 0.3 is 35.8 Å². The fraction of sp³-hybridized carbons (Fsp3) is 0.697. The van der Waals surface area contributed by atoms with Gasteiger partial charge < -0.3 is 28.4 Å². The lowest BCUT2D eigenvalue weighted by Crippen LogP contribution is -2.70. The van der Waals surface area contributed by atoms with Crippen molar-refractivity contribution < 1.29 is 57.2 Å². The number of hydrogen-bond acceptors (Lipinski definition) is 12. The molecule has 2 aliphatic carbocycles. The third-order valence-electron chi connectivity index (χ3n) is 9.46. The highest BCUT2D eigenvalue weighted by molar-refractivity contribution is 6.23. The summed E-state index contributed by atoms with van der Waals surface area (Å²) in [4.78, 5) is 77.3. The second kappa shape index (κ2) is 14.6. The Morgan fingerprint density at radius 2 is 1.50 bits per heavy atom. The summed E-state index contributed by atoms with van der Waals surface area (Å²) < 4.78 is 35.6. The van der Waals surface area contributed by atoms with Crippen molar-refractivity contribution in [3.05, 3.63) is 22.8 Å². The van der Waals surface area contributed by atoms with Crippen molar-refractivity contribution in [2.24, 2.45) is 23.2 Å². The van der Waals surface area contributed by atoms with E-state index in [4.69, 9.17) is 40.0 Å². The molecule has 1 saturated carbocycles. The predicted octanol–water partition coefficient (Wildman–Crippen LogP) is 4.14. The lowest BCUT2D eigenvalue weighted by molar-refractivity contribution is -0.260. The van der Waals surface area contributed by atoms with Crippen LogP contribution in [0.1, 0.15) is 82.1 Å². The molecule has 3 aliphatic rings. The van der Waals surface area contributed by atoms with Crippen LogP contribution in [0, 0.1) is 23.2 Å². The number of ether oxygens (including phenoxy) is 6. The van der Waals surface area contributed by atoms with Crippen molar-refractivity contribution in [1.29, 1.82) is 0 Å². The SMILES string of the molecule is CC[C@@H](C)C(=O)O[C@H]1[C@@H](OC(C)=O)[C@H](C)[C@@H]2[C@H](OC(C)=O)C3=C(C)C(=O)O[C@H]3[C@@H](Cl)/C(C)=C\C[C@H](OC(C)=O)[C@@]2(C)[C@H]1OC(C)=O. The van der Waals surface area contributed by atoms with E-state index in [1.54, 1.807) is 40.7 Å². The van der Waals surface area contributed by atoms with Crippen LogP contribution in [0.4, 0.5) is 0 Å². The molecule has 1 heterocycles. The Balaban J connectivity index is 2.50. The Bertz CT molecular complexity index is 1320. The number of hydrogen-bond donors (Lipinski definition) is 0. The molecule has 13 heteroatoms. The molecule has 0 aromatic carbocycles. The van der Waals surface area contributed by atoms with Gasteiger partial charge in [0.1, 0.15) is 24.4 Å². The zero-order valence-electron chi connectivity index (χ0n) is 28.0. The summed E-state index contributed by atoms with van der Waals surface area (Å²) in [6, 6.07) is 0. The third-order valence-corrected chi connectivity index (χ3v) is 10.0. The van der Waals surface area contributed by atoms with Crippen LogP contribution in [0.15, 0.2) is 22.8 Å². The topological polar surface area (TPSA) is 158 Å². The van der Waals surface area contributed by atoms with Gasteiger partial charge in [-0.1, -0.05) is 39.3 Å². The highest BCUT2D eigenvalue weighted by Crippen LogP contribution is 2.56. The van der Waals surface area contributed by atoms with Crippen LogP contribution in [0.5, 0.6) is 0 Å². The number of carbonyl (C=O) groups excluding carboxylic acids is 6. The molecule has 1 fully saturated rings. The molecule has 256 valence electrons. The molecule has 0 spiro atoms. The molecule has 0 saturated heterocycles. The first-order valence-corrected chi connectivity index (χ1v) is 15.9. The molecule has 46 heavy (non-hydrogen) atoms. The molecule has 0 aromatic heterocycles. The van der Waals surface area contributed by atoms with Gasteiger partial charge in [0.05, 0.1) is 16.7 Å². The van der Waals surface area contributed by atoms with Crippen molar-refractivity contribution in [2.45, 2.75) is 124 Å². The standard InChI is InChI=1S/C33H45ClO12/c1-11-14(2)31(39)46-29-26(42-19(7)36)17(5)24-27(43-20(8)37)23-16(4)32(40)45-28(23)25(34)15(3)12-13-22(41-18(6)35)33(24,10)30(29)44-21(9)38/h12,14,17,22,24-30H,11,13H2,1-10H3/b15-12-/t14-,17-,22+,24-,25+,26+,27-,28-,29+,30+,33-/m1/s1. The molecular formula is C33H45ClO12. The highest BCUT2D eigenvalue weighted by Gasteiger charge is 2.67. The Labute approximate surface area is 274 Å². The molecule has 0 N–H and O–H groups in total. The van der Waals surface area contributed by atoms with Gasteiger partial charge in [0.2, 0.25) is 0 Å². The monoisotopic (exact) mass is 668 g/mol. The van der Waals surface area contributed by atoms with Gasteiger partial charge in [-0.15, -0.1) is 11.6 Å². The Morgan fingerprint density at radius 1 is 0.935 bits per heavy atom. The molecule has 1 aliphatic heterocycles. The Morgan fingerprint density at radius 3 is 2.02 bits per heavy atom. The van der Waals surface area contributed by atoms with E-state index in [2.05, 4.69) is 0 Å². The summed E-state index contributed by atoms with van der Waals surface area (Å²) in [5, 5.41) is -0.881. The van der Waals surface area contributed by atoms with Crippen LogP contribution in [-0.2, 0) is 57.2 Å². The van der Waals surface area contributed by atoms with E-state index in [1.165, 1.54) is 34.6 Å². The van der Waals surface area contributed by atoms with Gasteiger partial charge in [0, 0.05) is 57.1 Å². The van der Waals surface area contributed by atoms with Gasteiger partial charge in [-0.25, -0.2) is 4.79 Å². The average molecular weight is 669 g/mol. The normalized spacial score (nSPS) is 36.0. The largest absolute Gasteiger partial charge is 0.461 e. The van der Waals surface area contributed by atoms with Crippen molar-refractivity contribution in [3.63, 3.8) is 0 Å². The van der Waals surface area contributed by atoms with Crippen molar-refractivity contribution in [1.82, 2.24) is 0 Å². The lowest BCUT2D eigenvalue weighted by atomic mass is 9.53. The maximum atomic E-state index is 13.3. The number of esters is 6. The molecule has 11 atom stereocenters. The molecule has 3 rings (SSSR count). The van der Waals surface area contributed by atoms with Gasteiger partial charge in [-0.05, 0) is 20.3 Å². The predicted molar refractivity (Wildman–Crippen MR) is 163 cm³/mol. The van der Waals surface area contributed by atoms with Crippen molar-refractivity contribution >= 4 is 47.4 Å². The maximum Gasteiger partial charge on any atom is 0.334 e. The number of fused-ring (bicyclic) bond motifs is 2. The van der Waals surface area contributed by atoms with E-state index >= 15 is 0 Å². The number of alkyl halides is 1. The first-order valence-electron chi connectivity index (χ1n) is 15.5. The fourth-order valence-electron chi connectivity index (χ4n) is 7.04. The van der Waals surface area contributed by atoms with Crippen LogP contribution in [0.25, 0.3) is 0 Å². The lowest BCUT2D eigenvalue weighted by Gasteiger charge is -2.58. The van der Waals surface area contributed by atoms with Crippen molar-refractivity contribution in [2.75, 3.05) is 0 Å². The second-order valence-electron chi connectivity index (χ2n) is 12.7. The Hall–Kier alpha value is -3.41. The van der Waals surface area contributed by atoms with E-state index in [0.717, 1.165) is 0 Å². The minimum Gasteiger partial charge on any atom is -0.461 e. The minimum atomic E-state index is -1.51. The van der Waals surface area contributed by atoms with Crippen LogP contribution in [0.2, 0.25) is 0 Å². The average Bonchev–Trinajstić information content (AvgIpc) is 3.25. The Kier molecular flexibility index (Phi) is 11.7. The fourth-order valence-corrected chi connectivity index (χ4v) is 7.32. The zero-order valence-corrected chi connectivity index (χ0v) is 28.8. The summed E-state index contributed by atoms with van der Waals surface area (Å²) in [5.41, 5.74) is -0.490. The second-order valence-corrected chi connectivity index (χ2v) is 13.2. The zero-order chi connectivity index (χ0) is 34.8. The van der Waals surface area contributed by atoms with E-state index in [1.807, 2.05) is 0 Å². The molecule has 12 nitrogen and oxygen atoms in total. The maximum absolute atomic E-state index is 13.3. The number of halogens is 1. The van der Waals surface area contributed by atoms with Gasteiger partial charge in [0.25, 0.3) is 0 Å². The van der Waals surface area contributed by atoms with E-state index in [9.17, 15) is 28.8 Å². The third kappa shape index (κ3) is 7.26. The molecule has 0 amide bonds. The molecule has 0 bridgehead atoms. The van der Waals surface area contributed by atoms with Gasteiger partial charge in [0.15, 0.2) is 12.2 Å². The number of carbonyl (C=O) groups is 6. The summed E-state index contributed by atoms with van der Waals surface area (Å²) >= 11 is 6.90. The quantitative estimate of drug-likeness (QED) is 0.165. The van der Waals surface area contributed by atoms with E-state index in [0.29, 0.717) is 12.0 Å². The molecule has 0 unspecified atom stereocenters. The smallest absolute Gasteiger partial charge is 0.334 e. The summed E-state index contributed by atoms with van der Waals surface area (Å²) in [5.74, 6) is -6.49. The van der Waals surface area contributed by atoms with Crippen molar-refractivity contribution in [3.8, 4) is 0 Å². The summed E-state index contributed by atoms with van der Waals surface area (Å²) in [7, 11) is 0. The summed E-state index contributed by atoms with van der Waals surface area (Å²) in [6.45, 7) is 14.9. The van der Waals surface area contributed by atoms with Gasteiger partial charge in [-0.2, -0.15) is 0 Å². The molecular weight excluding hydrogens is 624 g/mol.